The van der Waals surface area contributed by atoms with Crippen molar-refractivity contribution in [3.05, 3.63) is 12.2 Å². The van der Waals surface area contributed by atoms with Gasteiger partial charge in [-0.25, -0.2) is 4.79 Å². The lowest BCUT2D eigenvalue weighted by Crippen LogP contribution is -2.48. The summed E-state index contributed by atoms with van der Waals surface area (Å²) in [6, 6.07) is 0.645. The van der Waals surface area contributed by atoms with E-state index in [-0.39, 0.29) is 12.1 Å². The van der Waals surface area contributed by atoms with E-state index in [9.17, 15) is 4.79 Å². The van der Waals surface area contributed by atoms with Crippen LogP contribution in [0.4, 0.5) is 0 Å². The first-order valence-electron chi connectivity index (χ1n) is 8.19. The highest BCUT2D eigenvalue weighted by Gasteiger charge is 2.41. The zero-order chi connectivity index (χ0) is 17.0. The van der Waals surface area contributed by atoms with Gasteiger partial charge in [-0.05, 0) is 40.5 Å². The molecule has 1 unspecified atom stereocenters. The molecule has 0 aromatic heterocycles. The molecule has 6 heteroatoms. The van der Waals surface area contributed by atoms with Crippen molar-refractivity contribution < 1.29 is 22.8 Å². The minimum atomic E-state index is -2.71. The molecule has 0 aromatic rings. The second-order valence-electron chi connectivity index (χ2n) is 5.29. The molecular formula is C16H32O5Si. The van der Waals surface area contributed by atoms with Crippen LogP contribution >= 0.6 is 0 Å². The average Bonchev–Trinajstić information content (AvgIpc) is 2.44. The smallest absolute Gasteiger partial charge is 0.462 e. The summed E-state index contributed by atoms with van der Waals surface area (Å²) in [4.78, 5) is 11.4. The molecule has 0 spiro atoms. The molecular weight excluding hydrogens is 300 g/mol. The summed E-state index contributed by atoms with van der Waals surface area (Å²) in [7, 11) is -2.71. The molecule has 0 heterocycles. The molecule has 0 bridgehead atoms. The van der Waals surface area contributed by atoms with Gasteiger partial charge in [-0.15, -0.1) is 0 Å². The average molecular weight is 333 g/mol. The van der Waals surface area contributed by atoms with Gasteiger partial charge in [-0.3, -0.25) is 0 Å². The van der Waals surface area contributed by atoms with E-state index in [4.69, 9.17) is 18.0 Å². The third-order valence-corrected chi connectivity index (χ3v) is 6.20. The maximum absolute atomic E-state index is 11.4. The second-order valence-corrected chi connectivity index (χ2v) is 7.97. The van der Waals surface area contributed by atoms with Crippen LogP contribution < -0.4 is 0 Å². The zero-order valence-corrected chi connectivity index (χ0v) is 15.8. The summed E-state index contributed by atoms with van der Waals surface area (Å²) in [6.07, 6.45) is 2.79. The lowest BCUT2D eigenvalue weighted by molar-refractivity contribution is -0.139. The Hall–Kier alpha value is -0.693. The third-order valence-electron chi connectivity index (χ3n) is 3.01. The first-order valence-corrected chi connectivity index (χ1v) is 10.1. The second kappa shape index (κ2) is 11.8. The van der Waals surface area contributed by atoms with Crippen LogP contribution in [-0.2, 0) is 22.8 Å². The predicted octanol–water partition coefficient (Wildman–Crippen LogP) is 3.71. The van der Waals surface area contributed by atoms with Crippen molar-refractivity contribution in [1.29, 1.82) is 0 Å². The summed E-state index contributed by atoms with van der Waals surface area (Å²) < 4.78 is 23.0. The molecule has 1 atom stereocenters. The fourth-order valence-corrected chi connectivity index (χ4v) is 4.92. The molecule has 5 nitrogen and oxygen atoms in total. The van der Waals surface area contributed by atoms with Crippen LogP contribution in [0.5, 0.6) is 0 Å². The number of hydrogen-bond donors (Lipinski definition) is 0. The zero-order valence-electron chi connectivity index (χ0n) is 14.8. The Balaban J connectivity index is 4.55. The highest BCUT2D eigenvalue weighted by Crippen LogP contribution is 2.21. The number of carbonyl (C=O) groups is 1. The van der Waals surface area contributed by atoms with E-state index in [1.165, 1.54) is 0 Å². The number of esters is 1. The molecule has 0 aromatic carbocycles. The van der Waals surface area contributed by atoms with E-state index < -0.39 is 8.80 Å². The molecule has 0 rings (SSSR count). The molecule has 0 N–H and O–H groups in total. The van der Waals surface area contributed by atoms with Crippen LogP contribution in [0.15, 0.2) is 12.2 Å². The normalized spacial score (nSPS) is 13.0. The topological polar surface area (TPSA) is 54.0 Å². The Labute approximate surface area is 136 Å². The Bertz CT molecular complexity index is 326. The molecule has 0 aliphatic heterocycles. The third kappa shape index (κ3) is 8.68. The van der Waals surface area contributed by atoms with Gasteiger partial charge in [0.1, 0.15) is 0 Å². The van der Waals surface area contributed by atoms with Crippen molar-refractivity contribution in [3.8, 4) is 0 Å². The van der Waals surface area contributed by atoms with E-state index >= 15 is 0 Å². The van der Waals surface area contributed by atoms with Gasteiger partial charge in [0.05, 0.1) is 6.61 Å². The monoisotopic (exact) mass is 332 g/mol. The van der Waals surface area contributed by atoms with Crippen LogP contribution in [0, 0.1) is 0 Å². The van der Waals surface area contributed by atoms with Gasteiger partial charge in [0.15, 0.2) is 0 Å². The molecule has 22 heavy (non-hydrogen) atoms. The van der Waals surface area contributed by atoms with Crippen LogP contribution in [0.1, 0.15) is 53.9 Å². The summed E-state index contributed by atoms with van der Waals surface area (Å²) >= 11 is 0. The molecule has 0 amide bonds. The van der Waals surface area contributed by atoms with Gasteiger partial charge in [0, 0.05) is 30.9 Å². The van der Waals surface area contributed by atoms with Gasteiger partial charge in [-0.2, -0.15) is 0 Å². The standard InChI is InChI=1S/C16H32O5Si/c1-7-11-15(6)21-22(19-8-2,20-9-3)13-10-12-18-16(17)14(4)5/h15H,4,7-13H2,1-3,5-6H3. The van der Waals surface area contributed by atoms with Crippen molar-refractivity contribution in [1.82, 2.24) is 0 Å². The Morgan fingerprint density at radius 3 is 2.23 bits per heavy atom. The highest BCUT2D eigenvalue weighted by atomic mass is 28.4. The number of rotatable bonds is 13. The van der Waals surface area contributed by atoms with Gasteiger partial charge < -0.3 is 18.0 Å². The largest absolute Gasteiger partial charge is 0.501 e. The highest BCUT2D eigenvalue weighted by molar-refractivity contribution is 6.60. The van der Waals surface area contributed by atoms with Crippen LogP contribution in [0.25, 0.3) is 0 Å². The Morgan fingerprint density at radius 1 is 1.18 bits per heavy atom. The summed E-state index contributed by atoms with van der Waals surface area (Å²) in [6.45, 7) is 14.7. The number of carbonyl (C=O) groups excluding carboxylic acids is 1. The predicted molar refractivity (Wildman–Crippen MR) is 89.7 cm³/mol. The summed E-state index contributed by atoms with van der Waals surface area (Å²) in [5, 5.41) is 0. The number of hydrogen-bond acceptors (Lipinski definition) is 5. The van der Waals surface area contributed by atoms with Gasteiger partial charge in [0.25, 0.3) is 0 Å². The maximum atomic E-state index is 11.4. The van der Waals surface area contributed by atoms with Crippen LogP contribution in [0.2, 0.25) is 6.04 Å². The molecule has 0 aliphatic rings. The minimum absolute atomic E-state index is 0.104. The Morgan fingerprint density at radius 2 is 1.77 bits per heavy atom. The summed E-state index contributed by atoms with van der Waals surface area (Å²) in [5.74, 6) is -0.361. The van der Waals surface area contributed by atoms with E-state index in [2.05, 4.69) is 13.5 Å². The molecule has 0 aliphatic carbocycles. The molecule has 0 fully saturated rings. The SMILES string of the molecule is C=C(C)C(=O)OCCC[Si](OCC)(OCC)OC(C)CCC. The van der Waals surface area contributed by atoms with Crippen molar-refractivity contribution in [3.63, 3.8) is 0 Å². The van der Waals surface area contributed by atoms with E-state index in [0.717, 1.165) is 12.8 Å². The fourth-order valence-electron chi connectivity index (χ4n) is 2.10. The van der Waals surface area contributed by atoms with E-state index in [1.807, 2.05) is 20.8 Å². The molecule has 0 saturated carbocycles. The minimum Gasteiger partial charge on any atom is -0.462 e. The lowest BCUT2D eigenvalue weighted by Gasteiger charge is -2.31. The van der Waals surface area contributed by atoms with E-state index in [1.54, 1.807) is 6.92 Å². The molecule has 0 radical (unpaired) electrons. The van der Waals surface area contributed by atoms with Crippen LogP contribution in [0.3, 0.4) is 0 Å². The van der Waals surface area contributed by atoms with Crippen molar-refractivity contribution >= 4 is 14.8 Å². The van der Waals surface area contributed by atoms with Gasteiger partial charge >= 0.3 is 14.8 Å². The van der Waals surface area contributed by atoms with Crippen LogP contribution in [-0.4, -0.2) is 40.7 Å². The van der Waals surface area contributed by atoms with Crippen molar-refractivity contribution in [2.75, 3.05) is 19.8 Å². The van der Waals surface area contributed by atoms with Crippen molar-refractivity contribution in [2.45, 2.75) is 66.0 Å². The first-order chi connectivity index (χ1) is 10.4. The number of ether oxygens (including phenoxy) is 1. The molecule has 0 saturated heterocycles. The quantitative estimate of drug-likeness (QED) is 0.223. The molecule has 130 valence electrons. The first kappa shape index (κ1) is 21.3. The fraction of sp³-hybridized carbons (Fsp3) is 0.812. The maximum Gasteiger partial charge on any atom is 0.501 e. The van der Waals surface area contributed by atoms with Crippen molar-refractivity contribution in [2.24, 2.45) is 0 Å². The van der Waals surface area contributed by atoms with E-state index in [0.29, 0.717) is 37.9 Å². The van der Waals surface area contributed by atoms with Gasteiger partial charge in [-0.1, -0.05) is 19.9 Å². The van der Waals surface area contributed by atoms with Gasteiger partial charge in [0.2, 0.25) is 0 Å². The summed E-state index contributed by atoms with van der Waals surface area (Å²) in [5.41, 5.74) is 0.408. The lowest BCUT2D eigenvalue weighted by atomic mass is 10.2. The Kier molecular flexibility index (Phi) is 11.4.